The Balaban J connectivity index is 1.92. The molecule has 7 heteroatoms. The lowest BCUT2D eigenvalue weighted by Gasteiger charge is -2.12. The number of ether oxygens (including phenoxy) is 1. The van der Waals surface area contributed by atoms with Crippen molar-refractivity contribution in [3.05, 3.63) is 105 Å². The largest absolute Gasteiger partial charge is 0.497 e. The summed E-state index contributed by atoms with van der Waals surface area (Å²) >= 11 is 0. The molecule has 7 nitrogen and oxygen atoms in total. The topological polar surface area (TPSA) is 87.3 Å². The van der Waals surface area contributed by atoms with Crippen LogP contribution in [0.15, 0.2) is 77.6 Å². The monoisotopic (exact) mass is 399 g/mol. The van der Waals surface area contributed by atoms with Crippen LogP contribution in [0, 0.1) is 10.1 Å². The van der Waals surface area contributed by atoms with Crippen molar-refractivity contribution in [3.8, 4) is 11.4 Å². The molecular weight excluding hydrogens is 382 g/mol. The maximum absolute atomic E-state index is 13.2. The minimum absolute atomic E-state index is 0.0205. The number of nitro groups is 1. The molecule has 0 spiro atoms. The van der Waals surface area contributed by atoms with Crippen LogP contribution >= 0.6 is 0 Å². The molecule has 4 rings (SSSR count). The zero-order chi connectivity index (χ0) is 21.1. The highest BCUT2D eigenvalue weighted by molar-refractivity contribution is 5.80. The smallest absolute Gasteiger partial charge is 0.276 e. The van der Waals surface area contributed by atoms with Crippen molar-refractivity contribution in [3.63, 3.8) is 0 Å². The van der Waals surface area contributed by atoms with Gasteiger partial charge in [0.15, 0.2) is 0 Å². The van der Waals surface area contributed by atoms with E-state index >= 15 is 0 Å². The third-order valence-corrected chi connectivity index (χ3v) is 4.68. The van der Waals surface area contributed by atoms with E-state index in [1.54, 1.807) is 79.9 Å². The van der Waals surface area contributed by atoms with Crippen LogP contribution in [0.2, 0.25) is 0 Å². The third kappa shape index (κ3) is 3.56. The molecule has 0 aliphatic rings. The normalized spacial score (nSPS) is 11.1. The lowest BCUT2D eigenvalue weighted by molar-refractivity contribution is -0.385. The number of aromatic nitrogens is 2. The van der Waals surface area contributed by atoms with Gasteiger partial charge in [0.1, 0.15) is 11.6 Å². The predicted octanol–water partition coefficient (Wildman–Crippen LogP) is 4.47. The highest BCUT2D eigenvalue weighted by Crippen LogP contribution is 2.22. The molecule has 4 aromatic rings. The van der Waals surface area contributed by atoms with E-state index in [-0.39, 0.29) is 11.2 Å². The van der Waals surface area contributed by atoms with Crippen molar-refractivity contribution in [1.82, 2.24) is 9.55 Å². The highest BCUT2D eigenvalue weighted by Gasteiger charge is 2.13. The molecule has 0 fully saturated rings. The van der Waals surface area contributed by atoms with Gasteiger partial charge in [-0.2, -0.15) is 0 Å². The summed E-state index contributed by atoms with van der Waals surface area (Å²) in [5, 5.41) is 11.8. The van der Waals surface area contributed by atoms with Crippen LogP contribution < -0.4 is 10.3 Å². The highest BCUT2D eigenvalue weighted by atomic mass is 16.6. The molecule has 0 saturated heterocycles. The molecule has 0 aliphatic carbocycles. The molecule has 0 atom stereocenters. The van der Waals surface area contributed by atoms with Gasteiger partial charge < -0.3 is 4.74 Å². The summed E-state index contributed by atoms with van der Waals surface area (Å²) < 4.78 is 6.68. The van der Waals surface area contributed by atoms with E-state index in [2.05, 4.69) is 4.98 Å². The number of benzene rings is 3. The molecule has 0 saturated carbocycles. The summed E-state index contributed by atoms with van der Waals surface area (Å²) in [4.78, 5) is 28.7. The molecule has 0 bridgehead atoms. The number of fused-ring (bicyclic) bond motifs is 1. The van der Waals surface area contributed by atoms with Gasteiger partial charge in [0, 0.05) is 6.07 Å². The first kappa shape index (κ1) is 19.1. The van der Waals surface area contributed by atoms with E-state index in [0.717, 1.165) is 0 Å². The van der Waals surface area contributed by atoms with Crippen LogP contribution in [-0.2, 0) is 0 Å². The molecule has 0 amide bonds. The standard InChI is InChI=1S/C23H17N3O4/c1-30-18-13-11-17(12-14-18)25-22(24-20-8-4-3-7-19(20)23(25)27)15-10-16-6-2-5-9-21(16)26(28)29/h2-15H,1H3/b15-10-. The van der Waals surface area contributed by atoms with E-state index in [1.807, 2.05) is 6.07 Å². The fourth-order valence-corrected chi connectivity index (χ4v) is 3.20. The summed E-state index contributed by atoms with van der Waals surface area (Å²) in [7, 11) is 1.57. The zero-order valence-corrected chi connectivity index (χ0v) is 16.1. The molecule has 0 aliphatic heterocycles. The van der Waals surface area contributed by atoms with Gasteiger partial charge in [0.2, 0.25) is 0 Å². The van der Waals surface area contributed by atoms with Gasteiger partial charge in [-0.25, -0.2) is 4.98 Å². The Hall–Kier alpha value is -4.26. The quantitative estimate of drug-likeness (QED) is 0.365. The fraction of sp³-hybridized carbons (Fsp3) is 0.0435. The Morgan fingerprint density at radius 2 is 1.67 bits per heavy atom. The van der Waals surface area contributed by atoms with Crippen molar-refractivity contribution < 1.29 is 9.66 Å². The summed E-state index contributed by atoms with van der Waals surface area (Å²) in [6.07, 6.45) is 3.20. The maximum atomic E-state index is 13.2. The van der Waals surface area contributed by atoms with Crippen LogP contribution in [0.1, 0.15) is 11.4 Å². The van der Waals surface area contributed by atoms with Gasteiger partial charge in [-0.05, 0) is 54.6 Å². The lowest BCUT2D eigenvalue weighted by Crippen LogP contribution is -2.22. The first-order valence-corrected chi connectivity index (χ1v) is 9.16. The van der Waals surface area contributed by atoms with Crippen molar-refractivity contribution in [2.45, 2.75) is 0 Å². The first-order chi connectivity index (χ1) is 14.6. The Morgan fingerprint density at radius 3 is 2.40 bits per heavy atom. The summed E-state index contributed by atoms with van der Waals surface area (Å²) in [5.41, 5.74) is 1.34. The third-order valence-electron chi connectivity index (χ3n) is 4.68. The van der Waals surface area contributed by atoms with Crippen LogP contribution in [0.3, 0.4) is 0 Å². The zero-order valence-electron chi connectivity index (χ0n) is 16.1. The van der Waals surface area contributed by atoms with Crippen molar-refractivity contribution >= 4 is 28.7 Å². The summed E-state index contributed by atoms with van der Waals surface area (Å²) in [6.45, 7) is 0. The second-order valence-corrected chi connectivity index (χ2v) is 6.47. The predicted molar refractivity (Wildman–Crippen MR) is 116 cm³/mol. The van der Waals surface area contributed by atoms with Crippen LogP contribution in [0.5, 0.6) is 5.75 Å². The van der Waals surface area contributed by atoms with E-state index in [1.165, 1.54) is 10.6 Å². The second-order valence-electron chi connectivity index (χ2n) is 6.47. The number of rotatable bonds is 5. The molecule has 1 heterocycles. The SMILES string of the molecule is COc1ccc(-n2c(/C=C\c3ccccc3[N+](=O)[O-])nc3ccccc3c2=O)cc1. The van der Waals surface area contributed by atoms with E-state index in [4.69, 9.17) is 4.74 Å². The molecule has 3 aromatic carbocycles. The van der Waals surface area contributed by atoms with Gasteiger partial charge >= 0.3 is 0 Å². The van der Waals surface area contributed by atoms with Gasteiger partial charge in [-0.15, -0.1) is 0 Å². The fourth-order valence-electron chi connectivity index (χ4n) is 3.20. The average Bonchev–Trinajstić information content (AvgIpc) is 2.78. The first-order valence-electron chi connectivity index (χ1n) is 9.16. The van der Waals surface area contributed by atoms with Crippen LogP contribution in [0.25, 0.3) is 28.7 Å². The molecule has 30 heavy (non-hydrogen) atoms. The summed E-state index contributed by atoms with van der Waals surface area (Å²) in [6, 6.07) is 20.5. The molecule has 0 radical (unpaired) electrons. The number of nitrogens with zero attached hydrogens (tertiary/aromatic N) is 3. The average molecular weight is 399 g/mol. The number of hydrogen-bond donors (Lipinski definition) is 0. The van der Waals surface area contributed by atoms with Gasteiger partial charge in [0.25, 0.3) is 11.2 Å². The number of methoxy groups -OCH3 is 1. The van der Waals surface area contributed by atoms with Gasteiger partial charge in [0.05, 0.1) is 34.2 Å². The maximum Gasteiger partial charge on any atom is 0.276 e. The molecule has 148 valence electrons. The van der Waals surface area contributed by atoms with Gasteiger partial charge in [-0.1, -0.05) is 24.3 Å². The minimum Gasteiger partial charge on any atom is -0.497 e. The van der Waals surface area contributed by atoms with Crippen molar-refractivity contribution in [2.75, 3.05) is 7.11 Å². The van der Waals surface area contributed by atoms with Gasteiger partial charge in [-0.3, -0.25) is 19.5 Å². The van der Waals surface area contributed by atoms with Crippen molar-refractivity contribution in [2.24, 2.45) is 0 Å². The number of para-hydroxylation sites is 2. The van der Waals surface area contributed by atoms with E-state index < -0.39 is 4.92 Å². The van der Waals surface area contributed by atoms with Crippen molar-refractivity contribution in [1.29, 1.82) is 0 Å². The number of nitro benzene ring substituents is 1. The molecular formula is C23H17N3O4. The molecule has 0 N–H and O–H groups in total. The molecule has 0 unspecified atom stereocenters. The van der Waals surface area contributed by atoms with Crippen LogP contribution in [0.4, 0.5) is 5.69 Å². The van der Waals surface area contributed by atoms with E-state index in [9.17, 15) is 14.9 Å². The van der Waals surface area contributed by atoms with Crippen LogP contribution in [-0.4, -0.2) is 21.6 Å². The Labute approximate surface area is 171 Å². The Kier molecular flexibility index (Phi) is 5.09. The molecule has 1 aromatic heterocycles. The second kappa shape index (κ2) is 8.00. The summed E-state index contributed by atoms with van der Waals surface area (Å²) in [5.74, 6) is 1.03. The minimum atomic E-state index is -0.440. The Bertz CT molecular complexity index is 1320. The van der Waals surface area contributed by atoms with E-state index in [0.29, 0.717) is 33.7 Å². The Morgan fingerprint density at radius 1 is 0.967 bits per heavy atom. The number of hydrogen-bond acceptors (Lipinski definition) is 5. The lowest BCUT2D eigenvalue weighted by atomic mass is 10.1.